The third-order valence-corrected chi connectivity index (χ3v) is 4.50. The first kappa shape index (κ1) is 16.1. The topological polar surface area (TPSA) is 41.1 Å². The van der Waals surface area contributed by atoms with Crippen LogP contribution < -0.4 is 10.2 Å². The van der Waals surface area contributed by atoms with E-state index in [-0.39, 0.29) is 0 Å². The molecule has 1 N–H and O–H groups in total. The second-order valence-corrected chi connectivity index (χ2v) is 7.44. The first-order valence-corrected chi connectivity index (χ1v) is 8.18. The van der Waals surface area contributed by atoms with Gasteiger partial charge in [0.15, 0.2) is 0 Å². The lowest BCUT2D eigenvalue weighted by molar-refractivity contribution is 0.263. The van der Waals surface area contributed by atoms with Gasteiger partial charge in [-0.1, -0.05) is 34.6 Å². The van der Waals surface area contributed by atoms with Gasteiger partial charge >= 0.3 is 0 Å². The van der Waals surface area contributed by atoms with E-state index in [0.717, 1.165) is 37.2 Å². The van der Waals surface area contributed by atoms with Gasteiger partial charge in [0, 0.05) is 25.2 Å². The van der Waals surface area contributed by atoms with Crippen molar-refractivity contribution in [3.05, 3.63) is 11.9 Å². The predicted octanol–water partition coefficient (Wildman–Crippen LogP) is 3.90. The lowest BCUT2D eigenvalue weighted by Crippen LogP contribution is -2.27. The summed E-state index contributed by atoms with van der Waals surface area (Å²) < 4.78 is 0. The summed E-state index contributed by atoms with van der Waals surface area (Å²) in [6, 6.07) is 0. The van der Waals surface area contributed by atoms with E-state index >= 15 is 0 Å². The second kappa shape index (κ2) is 6.20. The molecule has 21 heavy (non-hydrogen) atoms. The molecule has 1 unspecified atom stereocenters. The summed E-state index contributed by atoms with van der Waals surface area (Å²) in [6.07, 6.45) is 2.95. The predicted molar refractivity (Wildman–Crippen MR) is 90.1 cm³/mol. The zero-order valence-corrected chi connectivity index (χ0v) is 14.4. The molecule has 0 spiro atoms. The Bertz CT molecular complexity index is 476. The molecule has 4 heteroatoms. The molecule has 1 atom stereocenters. The fraction of sp³-hybridized carbons (Fsp3) is 0.765. The molecule has 0 radical (unpaired) electrons. The SMILES string of the molecule is CCNc1ncnc(N2CCC(C(C)(C)C)C2)c1C(C)C. The first-order valence-electron chi connectivity index (χ1n) is 8.18. The van der Waals surface area contributed by atoms with Gasteiger partial charge in [0.25, 0.3) is 0 Å². The van der Waals surface area contributed by atoms with Crippen LogP contribution in [0, 0.1) is 11.3 Å². The van der Waals surface area contributed by atoms with Gasteiger partial charge < -0.3 is 10.2 Å². The van der Waals surface area contributed by atoms with E-state index in [1.807, 2.05) is 0 Å². The van der Waals surface area contributed by atoms with E-state index in [2.05, 4.69) is 61.7 Å². The molecule has 118 valence electrons. The molecule has 1 aliphatic rings. The molecule has 0 bridgehead atoms. The van der Waals surface area contributed by atoms with Crippen LogP contribution in [0.15, 0.2) is 6.33 Å². The summed E-state index contributed by atoms with van der Waals surface area (Å²) in [5, 5.41) is 3.38. The monoisotopic (exact) mass is 290 g/mol. The molecule has 2 heterocycles. The first-order chi connectivity index (χ1) is 9.84. The Kier molecular flexibility index (Phi) is 4.74. The van der Waals surface area contributed by atoms with Crippen LogP contribution in [0.25, 0.3) is 0 Å². The van der Waals surface area contributed by atoms with Gasteiger partial charge in [-0.2, -0.15) is 0 Å². The van der Waals surface area contributed by atoms with Gasteiger partial charge in [-0.3, -0.25) is 0 Å². The molecule has 0 saturated carbocycles. The van der Waals surface area contributed by atoms with Gasteiger partial charge in [-0.05, 0) is 30.6 Å². The molecule has 0 amide bonds. The smallest absolute Gasteiger partial charge is 0.137 e. The normalized spacial score (nSPS) is 19.4. The third kappa shape index (κ3) is 3.47. The molecule has 0 aliphatic carbocycles. The van der Waals surface area contributed by atoms with E-state index in [9.17, 15) is 0 Å². The number of nitrogens with zero attached hydrogens (tertiary/aromatic N) is 3. The number of nitrogens with one attached hydrogen (secondary N) is 1. The van der Waals surface area contributed by atoms with Crippen LogP contribution in [0.3, 0.4) is 0 Å². The maximum atomic E-state index is 4.62. The average Bonchev–Trinajstić information content (AvgIpc) is 2.87. The zero-order chi connectivity index (χ0) is 15.6. The molecule has 1 fully saturated rings. The highest BCUT2D eigenvalue weighted by molar-refractivity contribution is 5.60. The van der Waals surface area contributed by atoms with Gasteiger partial charge in [0.05, 0.1) is 0 Å². The second-order valence-electron chi connectivity index (χ2n) is 7.44. The van der Waals surface area contributed by atoms with Crippen LogP contribution in [0.1, 0.15) is 59.4 Å². The van der Waals surface area contributed by atoms with Crippen molar-refractivity contribution in [1.82, 2.24) is 9.97 Å². The summed E-state index contributed by atoms with van der Waals surface area (Å²) >= 11 is 0. The summed E-state index contributed by atoms with van der Waals surface area (Å²) in [4.78, 5) is 11.5. The minimum atomic E-state index is 0.365. The lowest BCUT2D eigenvalue weighted by atomic mass is 9.80. The van der Waals surface area contributed by atoms with Gasteiger partial charge in [0.2, 0.25) is 0 Å². The molecule has 4 nitrogen and oxygen atoms in total. The van der Waals surface area contributed by atoms with Crippen LogP contribution >= 0.6 is 0 Å². The highest BCUT2D eigenvalue weighted by atomic mass is 15.2. The molecule has 1 aliphatic heterocycles. The number of aromatic nitrogens is 2. The van der Waals surface area contributed by atoms with Crippen molar-refractivity contribution in [3.8, 4) is 0 Å². The largest absolute Gasteiger partial charge is 0.370 e. The zero-order valence-electron chi connectivity index (χ0n) is 14.4. The van der Waals surface area contributed by atoms with Gasteiger partial charge in [-0.25, -0.2) is 9.97 Å². The van der Waals surface area contributed by atoms with E-state index in [4.69, 9.17) is 0 Å². The van der Waals surface area contributed by atoms with Crippen molar-refractivity contribution >= 4 is 11.6 Å². The highest BCUT2D eigenvalue weighted by Crippen LogP contribution is 2.38. The lowest BCUT2D eigenvalue weighted by Gasteiger charge is -2.28. The molecular weight excluding hydrogens is 260 g/mol. The Hall–Kier alpha value is -1.32. The Morgan fingerprint density at radius 2 is 2.05 bits per heavy atom. The number of hydrogen-bond acceptors (Lipinski definition) is 4. The van der Waals surface area contributed by atoms with Crippen molar-refractivity contribution in [2.45, 2.75) is 53.9 Å². The van der Waals surface area contributed by atoms with Gasteiger partial charge in [0.1, 0.15) is 18.0 Å². The molecule has 2 rings (SSSR count). The minimum absolute atomic E-state index is 0.365. The van der Waals surface area contributed by atoms with Crippen LogP contribution in [-0.2, 0) is 0 Å². The van der Waals surface area contributed by atoms with E-state index < -0.39 is 0 Å². The third-order valence-electron chi connectivity index (χ3n) is 4.50. The summed E-state index contributed by atoms with van der Waals surface area (Å²) in [6.45, 7) is 16.7. The summed E-state index contributed by atoms with van der Waals surface area (Å²) in [5.74, 6) is 3.28. The highest BCUT2D eigenvalue weighted by Gasteiger charge is 2.33. The van der Waals surface area contributed by atoms with Crippen molar-refractivity contribution in [1.29, 1.82) is 0 Å². The quantitative estimate of drug-likeness (QED) is 0.913. The van der Waals surface area contributed by atoms with Crippen LogP contribution in [0.4, 0.5) is 11.6 Å². The summed E-state index contributed by atoms with van der Waals surface area (Å²) in [5.41, 5.74) is 1.62. The molecule has 0 aromatic carbocycles. The maximum absolute atomic E-state index is 4.62. The van der Waals surface area contributed by atoms with Crippen molar-refractivity contribution < 1.29 is 0 Å². The average molecular weight is 290 g/mol. The Morgan fingerprint density at radius 1 is 1.33 bits per heavy atom. The van der Waals surface area contributed by atoms with Crippen LogP contribution in [0.2, 0.25) is 0 Å². The molecule has 1 saturated heterocycles. The minimum Gasteiger partial charge on any atom is -0.370 e. The van der Waals surface area contributed by atoms with Crippen molar-refractivity contribution in [2.24, 2.45) is 11.3 Å². The standard InChI is InChI=1S/C17H30N4/c1-7-18-15-14(12(2)3)16(20-11-19-15)21-9-8-13(10-21)17(4,5)6/h11-13H,7-10H2,1-6H3,(H,18,19,20). The van der Waals surface area contributed by atoms with Crippen LogP contribution in [0.5, 0.6) is 0 Å². The molecule has 1 aromatic rings. The number of hydrogen-bond donors (Lipinski definition) is 1. The summed E-state index contributed by atoms with van der Waals surface area (Å²) in [7, 11) is 0. The van der Waals surface area contributed by atoms with Gasteiger partial charge in [-0.15, -0.1) is 0 Å². The van der Waals surface area contributed by atoms with E-state index in [0.29, 0.717) is 11.3 Å². The Labute approximate surface area is 129 Å². The van der Waals surface area contributed by atoms with E-state index in [1.165, 1.54) is 12.0 Å². The number of rotatable bonds is 4. The Balaban J connectivity index is 2.30. The molecular formula is C17H30N4. The fourth-order valence-corrected chi connectivity index (χ4v) is 3.14. The number of anilines is 2. The van der Waals surface area contributed by atoms with Crippen LogP contribution in [-0.4, -0.2) is 29.6 Å². The van der Waals surface area contributed by atoms with Crippen molar-refractivity contribution in [3.63, 3.8) is 0 Å². The van der Waals surface area contributed by atoms with Crippen molar-refractivity contribution in [2.75, 3.05) is 29.9 Å². The fourth-order valence-electron chi connectivity index (χ4n) is 3.14. The molecule has 1 aromatic heterocycles. The Morgan fingerprint density at radius 3 is 2.57 bits per heavy atom. The maximum Gasteiger partial charge on any atom is 0.137 e. The van der Waals surface area contributed by atoms with E-state index in [1.54, 1.807) is 6.33 Å².